The molecule has 0 saturated heterocycles. The topological polar surface area (TPSA) is 74.9 Å². The van der Waals surface area contributed by atoms with Crippen molar-refractivity contribution in [1.82, 2.24) is 9.29 Å². The SMILES string of the molecule is CC(C)(C)Cn1cc(CCNS(=O)(=O)C2CC2)c2ccc(-c3ccc(C(F)(F)F)cc3C#N)cc21. The highest BCUT2D eigenvalue weighted by molar-refractivity contribution is 7.90. The predicted octanol–water partition coefficient (Wildman–Crippen LogP) is 5.87. The largest absolute Gasteiger partial charge is 0.416 e. The number of hydrogen-bond acceptors (Lipinski definition) is 3. The maximum Gasteiger partial charge on any atom is 0.416 e. The fourth-order valence-electron chi connectivity index (χ4n) is 4.27. The van der Waals surface area contributed by atoms with Crippen LogP contribution in [0.3, 0.4) is 0 Å². The van der Waals surface area contributed by atoms with Gasteiger partial charge in [-0.05, 0) is 59.6 Å². The molecular weight excluding hydrogens is 475 g/mol. The molecule has 186 valence electrons. The molecule has 9 heteroatoms. The van der Waals surface area contributed by atoms with E-state index in [0.717, 1.165) is 28.6 Å². The van der Waals surface area contributed by atoms with Crippen LogP contribution in [0.15, 0.2) is 42.6 Å². The highest BCUT2D eigenvalue weighted by Gasteiger charge is 2.35. The Bertz CT molecular complexity index is 1410. The molecule has 1 aliphatic rings. The molecule has 0 amide bonds. The number of halogens is 3. The van der Waals surface area contributed by atoms with Crippen molar-refractivity contribution in [3.63, 3.8) is 0 Å². The molecular formula is C26H28F3N3O2S. The Hall–Kier alpha value is -2.83. The van der Waals surface area contributed by atoms with Crippen molar-refractivity contribution in [1.29, 1.82) is 5.26 Å². The lowest BCUT2D eigenvalue weighted by Crippen LogP contribution is -2.29. The van der Waals surface area contributed by atoms with Crippen LogP contribution in [-0.2, 0) is 29.2 Å². The van der Waals surface area contributed by atoms with E-state index in [4.69, 9.17) is 0 Å². The molecule has 0 spiro atoms. The van der Waals surface area contributed by atoms with Crippen molar-refractivity contribution in [2.24, 2.45) is 5.41 Å². The normalized spacial score (nSPS) is 14.9. The van der Waals surface area contributed by atoms with Gasteiger partial charge in [-0.1, -0.05) is 39.0 Å². The maximum absolute atomic E-state index is 13.1. The first kappa shape index (κ1) is 25.3. The van der Waals surface area contributed by atoms with Gasteiger partial charge < -0.3 is 4.57 Å². The molecule has 3 aromatic rings. The number of alkyl halides is 3. The van der Waals surface area contributed by atoms with Crippen molar-refractivity contribution < 1.29 is 21.6 Å². The average Bonchev–Trinajstić information content (AvgIpc) is 3.57. The zero-order valence-corrected chi connectivity index (χ0v) is 20.7. The summed E-state index contributed by atoms with van der Waals surface area (Å²) in [5.41, 5.74) is 2.03. The Kier molecular flexibility index (Phi) is 6.49. The molecule has 1 saturated carbocycles. The maximum atomic E-state index is 13.1. The van der Waals surface area contributed by atoms with Crippen molar-refractivity contribution in [3.8, 4) is 17.2 Å². The molecule has 0 atom stereocenters. The minimum Gasteiger partial charge on any atom is -0.347 e. The summed E-state index contributed by atoms with van der Waals surface area (Å²) in [5.74, 6) is 0. The monoisotopic (exact) mass is 503 g/mol. The van der Waals surface area contributed by atoms with Crippen LogP contribution in [0.4, 0.5) is 13.2 Å². The van der Waals surface area contributed by atoms with Gasteiger partial charge >= 0.3 is 6.18 Å². The van der Waals surface area contributed by atoms with Crippen LogP contribution in [-0.4, -0.2) is 24.8 Å². The summed E-state index contributed by atoms with van der Waals surface area (Å²) >= 11 is 0. The Morgan fingerprint density at radius 1 is 1.11 bits per heavy atom. The zero-order chi connectivity index (χ0) is 25.6. The molecule has 0 unspecified atom stereocenters. The molecule has 0 bridgehead atoms. The number of aromatic nitrogens is 1. The number of benzene rings is 2. The van der Waals surface area contributed by atoms with Crippen molar-refractivity contribution in [2.45, 2.75) is 58.0 Å². The lowest BCUT2D eigenvalue weighted by Gasteiger charge is -2.20. The minimum atomic E-state index is -4.52. The Morgan fingerprint density at radius 2 is 1.83 bits per heavy atom. The van der Waals surface area contributed by atoms with E-state index in [1.165, 1.54) is 6.07 Å². The van der Waals surface area contributed by atoms with E-state index < -0.39 is 21.8 Å². The van der Waals surface area contributed by atoms with Crippen LogP contribution in [0.2, 0.25) is 0 Å². The quantitative estimate of drug-likeness (QED) is 0.438. The molecule has 1 heterocycles. The number of fused-ring (bicyclic) bond motifs is 1. The number of sulfonamides is 1. The van der Waals surface area contributed by atoms with Crippen LogP contribution >= 0.6 is 0 Å². The van der Waals surface area contributed by atoms with Gasteiger partial charge in [0, 0.05) is 30.2 Å². The van der Waals surface area contributed by atoms with Gasteiger partial charge in [0.2, 0.25) is 10.0 Å². The molecule has 0 aliphatic heterocycles. The van der Waals surface area contributed by atoms with Gasteiger partial charge in [-0.15, -0.1) is 0 Å². The first-order chi connectivity index (χ1) is 16.3. The third-order valence-electron chi connectivity index (χ3n) is 6.05. The Morgan fingerprint density at radius 3 is 2.43 bits per heavy atom. The van der Waals surface area contributed by atoms with Gasteiger partial charge in [0.05, 0.1) is 22.4 Å². The first-order valence-corrected chi connectivity index (χ1v) is 13.0. The van der Waals surface area contributed by atoms with Crippen LogP contribution < -0.4 is 4.72 Å². The van der Waals surface area contributed by atoms with Crippen LogP contribution in [0, 0.1) is 16.7 Å². The summed E-state index contributed by atoms with van der Waals surface area (Å²) in [4.78, 5) is 0. The van der Waals surface area contributed by atoms with E-state index >= 15 is 0 Å². The molecule has 0 radical (unpaired) electrons. The Labute approximate surface area is 203 Å². The second-order valence-corrected chi connectivity index (χ2v) is 12.4. The number of nitriles is 1. The molecule has 1 aromatic heterocycles. The summed E-state index contributed by atoms with van der Waals surface area (Å²) in [5, 5.41) is 10.2. The number of rotatable bonds is 7. The molecule has 4 rings (SSSR count). The minimum absolute atomic E-state index is 0.0391. The lowest BCUT2D eigenvalue weighted by molar-refractivity contribution is -0.137. The van der Waals surface area contributed by atoms with Gasteiger partial charge in [0.1, 0.15) is 0 Å². The third-order valence-corrected chi connectivity index (χ3v) is 8.00. The molecule has 1 N–H and O–H groups in total. The highest BCUT2D eigenvalue weighted by atomic mass is 32.2. The number of hydrogen-bond donors (Lipinski definition) is 1. The first-order valence-electron chi connectivity index (χ1n) is 11.5. The van der Waals surface area contributed by atoms with Crippen molar-refractivity contribution in [2.75, 3.05) is 6.54 Å². The standard InChI is InChI=1S/C26H28F3N3O2S/c1-25(2,3)16-32-15-18(10-11-31-35(33,34)21-6-7-21)23-8-4-17(13-24(23)32)22-9-5-20(26(27,28)29)12-19(22)14-30/h4-5,8-9,12-13,15,21,31H,6-7,10-11,16H2,1-3H3. The lowest BCUT2D eigenvalue weighted by atomic mass is 9.96. The summed E-state index contributed by atoms with van der Waals surface area (Å²) in [6, 6.07) is 10.7. The summed E-state index contributed by atoms with van der Waals surface area (Å²) in [6.07, 6.45) is -0.577. The number of nitrogens with zero attached hydrogens (tertiary/aromatic N) is 2. The molecule has 35 heavy (non-hydrogen) atoms. The van der Waals surface area contributed by atoms with Gasteiger partial charge in [-0.3, -0.25) is 0 Å². The van der Waals surface area contributed by atoms with Crippen LogP contribution in [0.5, 0.6) is 0 Å². The number of nitrogens with one attached hydrogen (secondary N) is 1. The van der Waals surface area contributed by atoms with Gasteiger partial charge in [0.25, 0.3) is 0 Å². The van der Waals surface area contributed by atoms with E-state index in [9.17, 15) is 26.9 Å². The highest BCUT2D eigenvalue weighted by Crippen LogP contribution is 2.35. The van der Waals surface area contributed by atoms with E-state index in [0.29, 0.717) is 43.5 Å². The molecule has 1 fully saturated rings. The van der Waals surface area contributed by atoms with E-state index in [2.05, 4.69) is 30.1 Å². The van der Waals surface area contributed by atoms with Crippen molar-refractivity contribution in [3.05, 3.63) is 59.3 Å². The predicted molar refractivity (Wildman–Crippen MR) is 130 cm³/mol. The molecule has 2 aromatic carbocycles. The fourth-order valence-corrected chi connectivity index (χ4v) is 5.64. The second kappa shape index (κ2) is 8.99. The summed E-state index contributed by atoms with van der Waals surface area (Å²) in [7, 11) is -3.26. The Balaban J connectivity index is 1.71. The average molecular weight is 504 g/mol. The van der Waals surface area contributed by atoms with Crippen molar-refractivity contribution >= 4 is 20.9 Å². The van der Waals surface area contributed by atoms with E-state index in [-0.39, 0.29) is 16.2 Å². The van der Waals surface area contributed by atoms with Crippen LogP contribution in [0.1, 0.15) is 50.3 Å². The van der Waals surface area contributed by atoms with E-state index in [1.807, 2.05) is 24.4 Å². The molecule has 1 aliphatic carbocycles. The smallest absolute Gasteiger partial charge is 0.347 e. The second-order valence-electron chi connectivity index (χ2n) is 10.3. The van der Waals surface area contributed by atoms with Gasteiger partial charge in [0.15, 0.2) is 0 Å². The van der Waals surface area contributed by atoms with Gasteiger partial charge in [-0.25, -0.2) is 13.1 Å². The summed E-state index contributed by atoms with van der Waals surface area (Å²) < 4.78 is 68.5. The summed E-state index contributed by atoms with van der Waals surface area (Å²) in [6.45, 7) is 7.31. The molecule has 5 nitrogen and oxygen atoms in total. The zero-order valence-electron chi connectivity index (χ0n) is 19.9. The van der Waals surface area contributed by atoms with E-state index in [1.54, 1.807) is 6.07 Å². The van der Waals surface area contributed by atoms with Gasteiger partial charge in [-0.2, -0.15) is 18.4 Å². The third kappa shape index (κ3) is 5.71. The fraction of sp³-hybridized carbons (Fsp3) is 0.423. The van der Waals surface area contributed by atoms with Crippen LogP contribution in [0.25, 0.3) is 22.0 Å².